The molecule has 0 spiro atoms. The van der Waals surface area contributed by atoms with Crippen LogP contribution in [0, 0.1) is 11.8 Å². The summed E-state index contributed by atoms with van der Waals surface area (Å²) in [6.07, 6.45) is 3.17. The summed E-state index contributed by atoms with van der Waals surface area (Å²) in [6.45, 7) is 6.64. The van der Waals surface area contributed by atoms with Crippen LogP contribution in [0.5, 0.6) is 0 Å². The maximum Gasteiger partial charge on any atom is 0.338 e. The van der Waals surface area contributed by atoms with E-state index in [1.54, 1.807) is 30.3 Å². The van der Waals surface area contributed by atoms with E-state index in [0.717, 1.165) is 76.1 Å². The van der Waals surface area contributed by atoms with Crippen LogP contribution >= 0.6 is 0 Å². The van der Waals surface area contributed by atoms with Crippen molar-refractivity contribution in [2.45, 2.75) is 25.7 Å². The van der Waals surface area contributed by atoms with Gasteiger partial charge < -0.3 is 28.4 Å². The van der Waals surface area contributed by atoms with Crippen LogP contribution < -0.4 is 0 Å². The first kappa shape index (κ1) is 26.5. The van der Waals surface area contributed by atoms with Crippen LogP contribution in [0.2, 0.25) is 0 Å². The van der Waals surface area contributed by atoms with Crippen LogP contribution in [0.25, 0.3) is 10.8 Å². The lowest BCUT2D eigenvalue weighted by molar-refractivity contribution is -0.0720. The summed E-state index contributed by atoms with van der Waals surface area (Å²) in [5.41, 5.74) is 0.949. The number of fused-ring (bicyclic) bond motifs is 1. The lowest BCUT2D eigenvalue weighted by Crippen LogP contribution is -2.31. The van der Waals surface area contributed by atoms with Crippen molar-refractivity contribution < 1.29 is 38.0 Å². The Hall–Kier alpha value is -2.52. The van der Waals surface area contributed by atoms with Crippen LogP contribution in [0.1, 0.15) is 46.4 Å². The Kier molecular flexibility index (Phi) is 10.5. The summed E-state index contributed by atoms with van der Waals surface area (Å²) in [5, 5.41) is 1.54. The zero-order valence-corrected chi connectivity index (χ0v) is 20.8. The van der Waals surface area contributed by atoms with E-state index in [2.05, 4.69) is 0 Å². The van der Waals surface area contributed by atoms with Gasteiger partial charge in [-0.2, -0.15) is 0 Å². The SMILES string of the molecule is O=C(OCCCCOCC1COC1)c1ccc2c(C(=O)OCCCCOCC3COC3)cccc2c1. The smallest absolute Gasteiger partial charge is 0.338 e. The summed E-state index contributed by atoms with van der Waals surface area (Å²) in [6, 6.07) is 10.6. The molecule has 0 amide bonds. The third kappa shape index (κ3) is 8.00. The molecular weight excluding hydrogens is 464 g/mol. The van der Waals surface area contributed by atoms with Crippen LogP contribution in [0.4, 0.5) is 0 Å². The van der Waals surface area contributed by atoms with Gasteiger partial charge in [0.25, 0.3) is 0 Å². The standard InChI is InChI=1S/C28H36O8/c29-27(35-12-3-1-10-31-15-21-17-33-18-21)24-8-9-25-23(14-24)6-5-7-26(25)28(30)36-13-4-2-11-32-16-22-19-34-20-22/h5-9,14,21-22H,1-4,10-13,15-20H2. The van der Waals surface area contributed by atoms with Gasteiger partial charge in [0, 0.05) is 25.0 Å². The monoisotopic (exact) mass is 500 g/mol. The first-order valence-corrected chi connectivity index (χ1v) is 12.9. The number of unbranched alkanes of at least 4 members (excludes halogenated alkanes) is 2. The van der Waals surface area contributed by atoms with E-state index in [9.17, 15) is 9.59 Å². The Balaban J connectivity index is 1.15. The van der Waals surface area contributed by atoms with Crippen LogP contribution in [-0.2, 0) is 28.4 Å². The van der Waals surface area contributed by atoms with Crippen LogP contribution in [-0.4, -0.2) is 78.0 Å². The molecule has 8 nitrogen and oxygen atoms in total. The molecule has 2 fully saturated rings. The van der Waals surface area contributed by atoms with Gasteiger partial charge in [-0.15, -0.1) is 0 Å². The highest BCUT2D eigenvalue weighted by Crippen LogP contribution is 2.22. The molecule has 0 aromatic heterocycles. The Morgan fingerprint density at radius 2 is 1.31 bits per heavy atom. The molecule has 2 heterocycles. The fourth-order valence-electron chi connectivity index (χ4n) is 3.95. The van der Waals surface area contributed by atoms with Crippen molar-refractivity contribution in [3.05, 3.63) is 47.5 Å². The number of esters is 2. The summed E-state index contributed by atoms with van der Waals surface area (Å²) in [7, 11) is 0. The minimum absolute atomic E-state index is 0.343. The van der Waals surface area contributed by atoms with E-state index >= 15 is 0 Å². The van der Waals surface area contributed by atoms with E-state index < -0.39 is 0 Å². The van der Waals surface area contributed by atoms with Crippen LogP contribution in [0.3, 0.4) is 0 Å². The molecule has 0 radical (unpaired) electrons. The second-order valence-electron chi connectivity index (χ2n) is 9.38. The first-order valence-electron chi connectivity index (χ1n) is 12.9. The van der Waals surface area contributed by atoms with E-state index in [0.29, 0.717) is 49.4 Å². The van der Waals surface area contributed by atoms with Gasteiger partial charge in [0.15, 0.2) is 0 Å². The molecule has 0 atom stereocenters. The third-order valence-corrected chi connectivity index (χ3v) is 6.29. The maximum absolute atomic E-state index is 12.6. The third-order valence-electron chi connectivity index (χ3n) is 6.29. The first-order chi connectivity index (χ1) is 17.7. The fourth-order valence-corrected chi connectivity index (χ4v) is 3.95. The molecule has 8 heteroatoms. The van der Waals surface area contributed by atoms with Crippen molar-refractivity contribution >= 4 is 22.7 Å². The summed E-state index contributed by atoms with van der Waals surface area (Å²) >= 11 is 0. The fraction of sp³-hybridized carbons (Fsp3) is 0.571. The Labute approximate surface area is 212 Å². The zero-order valence-electron chi connectivity index (χ0n) is 20.8. The van der Waals surface area contributed by atoms with Gasteiger partial charge >= 0.3 is 11.9 Å². The van der Waals surface area contributed by atoms with E-state index in [1.807, 2.05) is 6.07 Å². The molecule has 0 bridgehead atoms. The van der Waals surface area contributed by atoms with Crippen molar-refractivity contribution in [2.24, 2.45) is 11.8 Å². The van der Waals surface area contributed by atoms with Gasteiger partial charge in [0.1, 0.15) is 0 Å². The van der Waals surface area contributed by atoms with Gasteiger partial charge in [-0.25, -0.2) is 9.59 Å². The average molecular weight is 501 g/mol. The lowest BCUT2D eigenvalue weighted by Gasteiger charge is -2.25. The predicted molar refractivity (Wildman–Crippen MR) is 133 cm³/mol. The number of carbonyl (C=O) groups excluding carboxylic acids is 2. The highest BCUT2D eigenvalue weighted by atomic mass is 16.5. The molecule has 36 heavy (non-hydrogen) atoms. The second-order valence-corrected chi connectivity index (χ2v) is 9.38. The van der Waals surface area contributed by atoms with E-state index in [1.165, 1.54) is 0 Å². The van der Waals surface area contributed by atoms with Gasteiger partial charge in [0.05, 0.1) is 64.0 Å². The molecule has 4 rings (SSSR count). The van der Waals surface area contributed by atoms with Crippen molar-refractivity contribution in [3.63, 3.8) is 0 Å². The van der Waals surface area contributed by atoms with Gasteiger partial charge in [-0.3, -0.25) is 0 Å². The molecule has 2 saturated heterocycles. The van der Waals surface area contributed by atoms with Crippen molar-refractivity contribution in [1.29, 1.82) is 0 Å². The topological polar surface area (TPSA) is 89.5 Å². The molecule has 0 N–H and O–H groups in total. The summed E-state index contributed by atoms with van der Waals surface area (Å²) in [4.78, 5) is 25.1. The molecule has 0 unspecified atom stereocenters. The average Bonchev–Trinajstić information content (AvgIpc) is 2.84. The van der Waals surface area contributed by atoms with E-state index in [4.69, 9.17) is 28.4 Å². The predicted octanol–water partition coefficient (Wildman–Crippen LogP) is 4.04. The van der Waals surface area contributed by atoms with Crippen molar-refractivity contribution in [1.82, 2.24) is 0 Å². The Bertz CT molecular complexity index is 983. The zero-order chi connectivity index (χ0) is 25.0. The van der Waals surface area contributed by atoms with Gasteiger partial charge in [0.2, 0.25) is 0 Å². The Morgan fingerprint density at radius 1 is 0.722 bits per heavy atom. The van der Waals surface area contributed by atoms with Gasteiger partial charge in [-0.1, -0.05) is 18.2 Å². The number of hydrogen-bond donors (Lipinski definition) is 0. The van der Waals surface area contributed by atoms with E-state index in [-0.39, 0.29) is 11.9 Å². The normalized spacial score (nSPS) is 15.9. The maximum atomic E-state index is 12.6. The molecule has 2 aromatic carbocycles. The molecule has 2 aliphatic heterocycles. The largest absolute Gasteiger partial charge is 0.462 e. The highest BCUT2D eigenvalue weighted by Gasteiger charge is 2.19. The summed E-state index contributed by atoms with van der Waals surface area (Å²) < 4.78 is 32.3. The van der Waals surface area contributed by atoms with Gasteiger partial charge in [-0.05, 0) is 54.7 Å². The molecule has 0 saturated carbocycles. The highest BCUT2D eigenvalue weighted by molar-refractivity contribution is 6.06. The summed E-state index contributed by atoms with van der Waals surface area (Å²) in [5.74, 6) is 0.319. The quantitative estimate of drug-likeness (QED) is 0.252. The van der Waals surface area contributed by atoms with Crippen molar-refractivity contribution in [2.75, 3.05) is 66.1 Å². The van der Waals surface area contributed by atoms with Crippen LogP contribution in [0.15, 0.2) is 36.4 Å². The number of rotatable bonds is 16. The Morgan fingerprint density at radius 3 is 1.89 bits per heavy atom. The molecule has 2 aliphatic rings. The number of benzene rings is 2. The van der Waals surface area contributed by atoms with Crippen molar-refractivity contribution in [3.8, 4) is 0 Å². The second kappa shape index (κ2) is 14.3. The molecule has 196 valence electrons. The lowest BCUT2D eigenvalue weighted by atomic mass is 10.0. The minimum Gasteiger partial charge on any atom is -0.462 e. The molecular formula is C28H36O8. The number of ether oxygens (including phenoxy) is 6. The number of carbonyl (C=O) groups is 2. The number of hydrogen-bond acceptors (Lipinski definition) is 8. The molecule has 0 aliphatic carbocycles. The molecule has 2 aromatic rings. The minimum atomic E-state index is -0.371.